The topological polar surface area (TPSA) is 63.4 Å². The smallest absolute Gasteiger partial charge is 0.169 e. The number of nitrogens with two attached hydrogens (primary N) is 1. The molecule has 1 heterocycles. The van der Waals surface area contributed by atoms with Crippen LogP contribution in [0.3, 0.4) is 0 Å². The lowest BCUT2D eigenvalue weighted by atomic mass is 10.2. The van der Waals surface area contributed by atoms with Gasteiger partial charge in [0.05, 0.1) is 0 Å². The van der Waals surface area contributed by atoms with Crippen LogP contribution in [0.1, 0.15) is 0 Å². The van der Waals surface area contributed by atoms with Crippen molar-refractivity contribution in [3.8, 4) is 0 Å². The van der Waals surface area contributed by atoms with Gasteiger partial charge in [0.25, 0.3) is 0 Å². The Bertz CT molecular complexity index is 569. The van der Waals surface area contributed by atoms with E-state index < -0.39 is 26.8 Å². The average molecular weight is 308 g/mol. The van der Waals surface area contributed by atoms with Crippen LogP contribution in [0.25, 0.3) is 0 Å². The Hall–Kier alpha value is -1.02. The molecule has 1 aliphatic heterocycles. The first kappa shape index (κ1) is 14.4. The van der Waals surface area contributed by atoms with Crippen LogP contribution >= 0.6 is 11.8 Å². The van der Waals surface area contributed by atoms with Crippen molar-refractivity contribution < 1.29 is 17.2 Å². The standard InChI is InChI=1S/C11H14F2N2O2S2/c1-19(16,17)10-6-18-3-2-15(10)11-8(12)4-7(14)5-9(11)13/h4-5,10H,2-3,6,14H2,1H3. The first-order valence-electron chi connectivity index (χ1n) is 5.58. The van der Waals surface area contributed by atoms with Crippen LogP contribution in [0.4, 0.5) is 20.2 Å². The Balaban J connectivity index is 2.50. The third-order valence-electron chi connectivity index (χ3n) is 2.91. The summed E-state index contributed by atoms with van der Waals surface area (Å²) >= 11 is 1.45. The molecular weight excluding hydrogens is 294 g/mol. The average Bonchev–Trinajstić information content (AvgIpc) is 2.26. The Labute approximate surface area is 114 Å². The van der Waals surface area contributed by atoms with E-state index in [1.165, 1.54) is 16.7 Å². The zero-order valence-corrected chi connectivity index (χ0v) is 11.9. The molecule has 0 spiro atoms. The number of nitrogen functional groups attached to an aromatic ring is 1. The fourth-order valence-corrected chi connectivity index (χ4v) is 4.88. The first-order chi connectivity index (χ1) is 8.80. The van der Waals surface area contributed by atoms with Crippen LogP contribution in [-0.4, -0.2) is 38.1 Å². The van der Waals surface area contributed by atoms with Crippen molar-refractivity contribution in [1.29, 1.82) is 0 Å². The minimum absolute atomic E-state index is 0.0268. The van der Waals surface area contributed by atoms with Crippen molar-refractivity contribution in [3.05, 3.63) is 23.8 Å². The summed E-state index contributed by atoms with van der Waals surface area (Å²) in [7, 11) is -3.43. The predicted molar refractivity (Wildman–Crippen MR) is 74.1 cm³/mol. The molecular formula is C11H14F2N2O2S2. The Morgan fingerprint density at radius 2 is 1.95 bits per heavy atom. The molecule has 1 saturated heterocycles. The summed E-state index contributed by atoms with van der Waals surface area (Å²) in [6, 6.07) is 2.00. The number of anilines is 2. The van der Waals surface area contributed by atoms with E-state index in [1.807, 2.05) is 0 Å². The van der Waals surface area contributed by atoms with Crippen LogP contribution in [0.5, 0.6) is 0 Å². The number of benzene rings is 1. The summed E-state index contributed by atoms with van der Waals surface area (Å²) in [6.45, 7) is 0.278. The van der Waals surface area contributed by atoms with Gasteiger partial charge in [-0.15, -0.1) is 0 Å². The zero-order valence-electron chi connectivity index (χ0n) is 10.3. The summed E-state index contributed by atoms with van der Waals surface area (Å²) in [5, 5.41) is -0.918. The van der Waals surface area contributed by atoms with Crippen LogP contribution < -0.4 is 10.6 Å². The predicted octanol–water partition coefficient (Wildman–Crippen LogP) is 1.47. The van der Waals surface area contributed by atoms with Gasteiger partial charge in [0, 0.05) is 30.0 Å². The second kappa shape index (κ2) is 5.16. The van der Waals surface area contributed by atoms with Crippen molar-refractivity contribution in [2.75, 3.05) is 34.9 Å². The quantitative estimate of drug-likeness (QED) is 0.838. The Morgan fingerprint density at radius 3 is 2.47 bits per heavy atom. The normalized spacial score (nSPS) is 20.6. The van der Waals surface area contributed by atoms with Crippen LogP contribution in [0.2, 0.25) is 0 Å². The fourth-order valence-electron chi connectivity index (χ4n) is 2.05. The molecule has 0 radical (unpaired) electrons. The minimum Gasteiger partial charge on any atom is -0.399 e. The highest BCUT2D eigenvalue weighted by Gasteiger charge is 2.34. The molecule has 1 unspecified atom stereocenters. The number of sulfone groups is 1. The molecule has 1 fully saturated rings. The van der Waals surface area contributed by atoms with Crippen LogP contribution in [0, 0.1) is 11.6 Å². The van der Waals surface area contributed by atoms with E-state index in [-0.39, 0.29) is 17.9 Å². The van der Waals surface area contributed by atoms with Crippen LogP contribution in [0.15, 0.2) is 12.1 Å². The maximum atomic E-state index is 13.9. The van der Waals surface area contributed by atoms with Gasteiger partial charge >= 0.3 is 0 Å². The first-order valence-corrected chi connectivity index (χ1v) is 8.69. The highest BCUT2D eigenvalue weighted by atomic mass is 32.2. The number of halogens is 2. The fraction of sp³-hybridized carbons (Fsp3) is 0.455. The van der Waals surface area contributed by atoms with E-state index in [2.05, 4.69) is 0 Å². The second-order valence-electron chi connectivity index (χ2n) is 4.39. The summed E-state index contributed by atoms with van der Waals surface area (Å²) in [5.74, 6) is -0.756. The Kier molecular flexibility index (Phi) is 3.91. The lowest BCUT2D eigenvalue weighted by Crippen LogP contribution is -2.47. The lowest BCUT2D eigenvalue weighted by Gasteiger charge is -2.36. The van der Waals surface area contributed by atoms with Crippen LogP contribution in [-0.2, 0) is 9.84 Å². The van der Waals surface area contributed by atoms with E-state index in [1.54, 1.807) is 0 Å². The monoisotopic (exact) mass is 308 g/mol. The molecule has 4 nitrogen and oxygen atoms in total. The highest BCUT2D eigenvalue weighted by molar-refractivity contribution is 8.01. The SMILES string of the molecule is CS(=O)(=O)C1CSCCN1c1c(F)cc(N)cc1F. The molecule has 19 heavy (non-hydrogen) atoms. The van der Waals surface area contributed by atoms with Gasteiger partial charge in [-0.1, -0.05) is 0 Å². The van der Waals surface area contributed by atoms with Gasteiger partial charge in [-0.3, -0.25) is 0 Å². The summed E-state index contributed by atoms with van der Waals surface area (Å²) in [5.41, 5.74) is 5.02. The van der Waals surface area contributed by atoms with E-state index in [0.717, 1.165) is 18.4 Å². The van der Waals surface area contributed by atoms with Crippen molar-refractivity contribution in [1.82, 2.24) is 0 Å². The molecule has 0 aromatic heterocycles. The summed E-state index contributed by atoms with van der Waals surface area (Å²) < 4.78 is 51.3. The molecule has 0 amide bonds. The number of rotatable bonds is 2. The van der Waals surface area contributed by atoms with Gasteiger partial charge in [-0.05, 0) is 12.1 Å². The molecule has 1 aromatic carbocycles. The van der Waals surface area contributed by atoms with Gasteiger partial charge in [0.15, 0.2) is 21.5 Å². The van der Waals surface area contributed by atoms with E-state index in [4.69, 9.17) is 5.73 Å². The molecule has 1 atom stereocenters. The van der Waals surface area contributed by atoms with E-state index >= 15 is 0 Å². The van der Waals surface area contributed by atoms with Crippen molar-refractivity contribution in [2.45, 2.75) is 5.37 Å². The highest BCUT2D eigenvalue weighted by Crippen LogP contribution is 2.32. The molecule has 2 N–H and O–H groups in total. The molecule has 106 valence electrons. The summed E-state index contributed by atoms with van der Waals surface area (Å²) in [4.78, 5) is 1.27. The van der Waals surface area contributed by atoms with Gasteiger partial charge < -0.3 is 10.6 Å². The maximum Gasteiger partial charge on any atom is 0.169 e. The molecule has 0 aliphatic carbocycles. The van der Waals surface area contributed by atoms with E-state index in [0.29, 0.717) is 11.5 Å². The second-order valence-corrected chi connectivity index (χ2v) is 7.74. The largest absolute Gasteiger partial charge is 0.399 e. The molecule has 1 aliphatic rings. The van der Waals surface area contributed by atoms with Gasteiger partial charge in [0.2, 0.25) is 0 Å². The molecule has 8 heteroatoms. The Morgan fingerprint density at radius 1 is 1.37 bits per heavy atom. The molecule has 2 rings (SSSR count). The number of thioether (sulfide) groups is 1. The molecule has 1 aromatic rings. The van der Waals surface area contributed by atoms with Gasteiger partial charge in [-0.2, -0.15) is 11.8 Å². The maximum absolute atomic E-state index is 13.9. The lowest BCUT2D eigenvalue weighted by molar-refractivity contribution is 0.558. The van der Waals surface area contributed by atoms with Crippen molar-refractivity contribution >= 4 is 33.0 Å². The third kappa shape index (κ3) is 2.94. The van der Waals surface area contributed by atoms with Crippen molar-refractivity contribution in [2.24, 2.45) is 0 Å². The van der Waals surface area contributed by atoms with E-state index in [9.17, 15) is 17.2 Å². The van der Waals surface area contributed by atoms with Crippen molar-refractivity contribution in [3.63, 3.8) is 0 Å². The number of hydrogen-bond donors (Lipinski definition) is 1. The third-order valence-corrected chi connectivity index (χ3v) is 5.55. The van der Waals surface area contributed by atoms with Gasteiger partial charge in [0.1, 0.15) is 11.1 Å². The number of hydrogen-bond acceptors (Lipinski definition) is 5. The number of nitrogens with zero attached hydrogens (tertiary/aromatic N) is 1. The molecule has 0 saturated carbocycles. The minimum atomic E-state index is -3.43. The zero-order chi connectivity index (χ0) is 14.2. The van der Waals surface area contributed by atoms with Gasteiger partial charge in [-0.25, -0.2) is 17.2 Å². The molecule has 0 bridgehead atoms. The summed E-state index contributed by atoms with van der Waals surface area (Å²) in [6.07, 6.45) is 1.07.